The average molecular weight is 320 g/mol. The molecule has 112 valence electrons. The molecule has 0 bridgehead atoms. The van der Waals surface area contributed by atoms with Crippen LogP contribution in [0.25, 0.3) is 11.0 Å². The Bertz CT molecular complexity index is 667. The topological polar surface area (TPSA) is 39.9 Å². The summed E-state index contributed by atoms with van der Waals surface area (Å²) in [4.78, 5) is 8.58. The summed E-state index contributed by atoms with van der Waals surface area (Å²) in [6, 6.07) is 3.17. The van der Waals surface area contributed by atoms with Gasteiger partial charge in [0.05, 0.1) is 5.39 Å². The van der Waals surface area contributed by atoms with Gasteiger partial charge in [0.15, 0.2) is 0 Å². The van der Waals surface area contributed by atoms with Gasteiger partial charge in [-0.25, -0.2) is 9.97 Å². The van der Waals surface area contributed by atoms with E-state index in [4.69, 9.17) is 4.74 Å². The molecule has 0 unspecified atom stereocenters. The number of hydrogen-bond acceptors (Lipinski definition) is 4. The van der Waals surface area contributed by atoms with Crippen molar-refractivity contribution in [1.29, 1.82) is 0 Å². The van der Waals surface area contributed by atoms with E-state index in [-0.39, 0.29) is 0 Å². The van der Waals surface area contributed by atoms with Crippen LogP contribution in [0.3, 0.4) is 0 Å². The van der Waals surface area contributed by atoms with E-state index in [2.05, 4.69) is 40.8 Å². The maximum absolute atomic E-state index is 5.78. The van der Waals surface area contributed by atoms with Crippen LogP contribution in [0, 0.1) is 11.2 Å². The molecule has 6 heteroatoms. The van der Waals surface area contributed by atoms with Crippen LogP contribution >= 0.6 is 11.8 Å². The van der Waals surface area contributed by atoms with Gasteiger partial charge in [0.1, 0.15) is 24.4 Å². The van der Waals surface area contributed by atoms with Crippen LogP contribution in [0.1, 0.15) is 5.69 Å². The first-order valence-electron chi connectivity index (χ1n) is 6.93. The molecule has 0 aliphatic carbocycles. The number of hydrogen-bond donors (Lipinski definition) is 0. The standard InChI is InChI=1S/C15H21N3OSSi/c1-20-9-6-14-13-5-7-18(15(13)17-11-16-14)12-19-8-10-21(2,3)4/h5,7,11H,8,10,12H2,1-4H3. The summed E-state index contributed by atoms with van der Waals surface area (Å²) in [7, 11) is -1.04. The van der Waals surface area contributed by atoms with Crippen molar-refractivity contribution >= 4 is 30.9 Å². The molecule has 0 aliphatic rings. The highest BCUT2D eigenvalue weighted by atomic mass is 32.2. The first-order chi connectivity index (χ1) is 10.0. The second kappa shape index (κ2) is 7.12. The fourth-order valence-electron chi connectivity index (χ4n) is 1.85. The zero-order valence-corrected chi connectivity index (χ0v) is 14.8. The average Bonchev–Trinajstić information content (AvgIpc) is 2.84. The van der Waals surface area contributed by atoms with Gasteiger partial charge in [0.25, 0.3) is 0 Å². The largest absolute Gasteiger partial charge is 0.361 e. The molecule has 0 N–H and O–H groups in total. The van der Waals surface area contributed by atoms with Gasteiger partial charge in [-0.15, -0.1) is 0 Å². The van der Waals surface area contributed by atoms with Gasteiger partial charge in [0.2, 0.25) is 0 Å². The highest BCUT2D eigenvalue weighted by Gasteiger charge is 2.12. The predicted octanol–water partition coefficient (Wildman–Crippen LogP) is 3.42. The number of thioether (sulfide) groups is 1. The molecule has 0 aromatic carbocycles. The van der Waals surface area contributed by atoms with Crippen molar-refractivity contribution in [2.24, 2.45) is 0 Å². The molecule has 2 aromatic rings. The van der Waals surface area contributed by atoms with Crippen molar-refractivity contribution < 1.29 is 4.74 Å². The number of fused-ring (bicyclic) bond motifs is 1. The van der Waals surface area contributed by atoms with Gasteiger partial charge < -0.3 is 9.30 Å². The van der Waals surface area contributed by atoms with E-state index in [1.165, 1.54) is 17.8 Å². The highest BCUT2D eigenvalue weighted by molar-refractivity contribution is 8.03. The Labute approximate surface area is 131 Å². The van der Waals surface area contributed by atoms with Crippen LogP contribution in [0.15, 0.2) is 18.6 Å². The molecule has 0 fully saturated rings. The zero-order chi connectivity index (χ0) is 15.3. The molecule has 0 radical (unpaired) electrons. The van der Waals surface area contributed by atoms with E-state index in [9.17, 15) is 0 Å². The first-order valence-corrected chi connectivity index (χ1v) is 11.9. The number of nitrogens with zero attached hydrogens (tertiary/aromatic N) is 3. The molecule has 0 saturated carbocycles. The van der Waals surface area contributed by atoms with Crippen LogP contribution in [-0.4, -0.2) is 35.5 Å². The third kappa shape index (κ3) is 4.60. The molecule has 2 aromatic heterocycles. The van der Waals surface area contributed by atoms with Gasteiger partial charge in [0, 0.05) is 20.9 Å². The molecule has 4 nitrogen and oxygen atoms in total. The van der Waals surface area contributed by atoms with Crippen molar-refractivity contribution in [2.75, 3.05) is 12.9 Å². The van der Waals surface area contributed by atoms with Crippen LogP contribution in [0.4, 0.5) is 0 Å². The maximum atomic E-state index is 5.78. The monoisotopic (exact) mass is 319 g/mol. The normalized spacial score (nSPS) is 11.4. The summed E-state index contributed by atoms with van der Waals surface area (Å²) in [6.07, 6.45) is 5.49. The van der Waals surface area contributed by atoms with E-state index in [1.54, 1.807) is 6.33 Å². The van der Waals surface area contributed by atoms with Gasteiger partial charge in [-0.1, -0.05) is 31.4 Å². The molecule has 0 aliphatic heterocycles. The minimum atomic E-state index is -1.04. The Kier molecular flexibility index (Phi) is 5.45. The van der Waals surface area contributed by atoms with Gasteiger partial charge in [-0.05, 0) is 29.5 Å². The fourth-order valence-corrected chi connectivity index (χ4v) is 2.80. The van der Waals surface area contributed by atoms with Crippen molar-refractivity contribution in [3.05, 3.63) is 24.3 Å². The van der Waals surface area contributed by atoms with Crippen molar-refractivity contribution in [3.63, 3.8) is 0 Å². The van der Waals surface area contributed by atoms with Crippen molar-refractivity contribution in [2.45, 2.75) is 32.4 Å². The molecule has 0 atom stereocenters. The lowest BCUT2D eigenvalue weighted by atomic mass is 10.3. The summed E-state index contributed by atoms with van der Waals surface area (Å²) in [6.45, 7) is 8.39. The molecular formula is C15H21N3OSSi. The molecule has 2 rings (SSSR count). The second-order valence-corrected chi connectivity index (χ2v) is 12.3. The number of aromatic nitrogens is 3. The summed E-state index contributed by atoms with van der Waals surface area (Å²) in [5.41, 5.74) is 1.65. The third-order valence-corrected chi connectivity index (χ3v) is 5.06. The fraction of sp³-hybridized carbons (Fsp3) is 0.467. The van der Waals surface area contributed by atoms with E-state index < -0.39 is 8.07 Å². The van der Waals surface area contributed by atoms with Crippen LogP contribution in [-0.2, 0) is 11.5 Å². The maximum Gasteiger partial charge on any atom is 0.146 e. The second-order valence-electron chi connectivity index (χ2n) is 6.02. The van der Waals surface area contributed by atoms with Gasteiger partial charge >= 0.3 is 0 Å². The minimum absolute atomic E-state index is 0.528. The molecule has 2 heterocycles. The molecular weight excluding hydrogens is 298 g/mol. The van der Waals surface area contributed by atoms with Gasteiger partial charge in [-0.2, -0.15) is 0 Å². The van der Waals surface area contributed by atoms with Crippen molar-refractivity contribution in [3.8, 4) is 11.2 Å². The summed E-state index contributed by atoms with van der Waals surface area (Å²) < 4.78 is 7.79. The smallest absolute Gasteiger partial charge is 0.146 e. The lowest BCUT2D eigenvalue weighted by Crippen LogP contribution is -2.22. The van der Waals surface area contributed by atoms with Crippen molar-refractivity contribution in [1.82, 2.24) is 14.5 Å². The Morgan fingerprint density at radius 3 is 2.86 bits per heavy atom. The lowest BCUT2D eigenvalue weighted by Gasteiger charge is -2.15. The Morgan fingerprint density at radius 2 is 2.14 bits per heavy atom. The van der Waals surface area contributed by atoms with Crippen LogP contribution in [0.2, 0.25) is 25.7 Å². The molecule has 0 spiro atoms. The Balaban J connectivity index is 2.08. The van der Waals surface area contributed by atoms with Crippen LogP contribution in [0.5, 0.6) is 0 Å². The van der Waals surface area contributed by atoms with E-state index >= 15 is 0 Å². The quantitative estimate of drug-likeness (QED) is 0.481. The van der Waals surface area contributed by atoms with Crippen LogP contribution < -0.4 is 0 Å². The number of rotatable bonds is 5. The van der Waals surface area contributed by atoms with E-state index in [0.29, 0.717) is 6.73 Å². The first kappa shape index (κ1) is 16.1. The molecule has 21 heavy (non-hydrogen) atoms. The molecule has 0 amide bonds. The third-order valence-electron chi connectivity index (χ3n) is 3.05. The number of ether oxygens (including phenoxy) is 1. The summed E-state index contributed by atoms with van der Waals surface area (Å²) in [5, 5.41) is 3.95. The SMILES string of the molecule is CSC#Cc1ncnc2c1ccn2COCC[Si](C)(C)C. The lowest BCUT2D eigenvalue weighted by molar-refractivity contribution is 0.0899. The Morgan fingerprint density at radius 1 is 1.33 bits per heavy atom. The minimum Gasteiger partial charge on any atom is -0.361 e. The predicted molar refractivity (Wildman–Crippen MR) is 92.0 cm³/mol. The zero-order valence-electron chi connectivity index (χ0n) is 13.0. The van der Waals surface area contributed by atoms with Gasteiger partial charge in [-0.3, -0.25) is 0 Å². The van der Waals surface area contributed by atoms with E-state index in [1.807, 2.05) is 23.1 Å². The highest BCUT2D eigenvalue weighted by Crippen LogP contribution is 2.16. The summed E-state index contributed by atoms with van der Waals surface area (Å²) >= 11 is 1.48. The summed E-state index contributed by atoms with van der Waals surface area (Å²) in [5.74, 6) is 3.05. The molecule has 0 saturated heterocycles. The Hall–Kier alpha value is -1.29. The van der Waals surface area contributed by atoms with E-state index in [0.717, 1.165) is 23.3 Å².